The topological polar surface area (TPSA) is 92.2 Å². The lowest BCUT2D eigenvalue weighted by molar-refractivity contribution is -0.138. The summed E-state index contributed by atoms with van der Waals surface area (Å²) in [6.07, 6.45) is 0. The first-order chi connectivity index (χ1) is 7.00. The van der Waals surface area contributed by atoms with Gasteiger partial charge in [-0.1, -0.05) is 0 Å². The van der Waals surface area contributed by atoms with Crippen molar-refractivity contribution in [3.05, 3.63) is 23.5 Å². The number of hydrogen-bond acceptors (Lipinski definition) is 4. The zero-order valence-corrected chi connectivity index (χ0v) is 8.39. The Morgan fingerprint density at radius 2 is 2.07 bits per heavy atom. The van der Waals surface area contributed by atoms with Gasteiger partial charge in [-0.05, 0) is 26.0 Å². The molecule has 0 bridgehead atoms. The number of carbonyl (C=O) groups excluding carboxylic acids is 1. The number of hydrogen-bond donors (Lipinski definition) is 2. The molecule has 0 radical (unpaired) electrons. The van der Waals surface area contributed by atoms with E-state index < -0.39 is 17.9 Å². The first-order valence-electron chi connectivity index (χ1n) is 4.34. The van der Waals surface area contributed by atoms with Crippen molar-refractivity contribution in [2.45, 2.75) is 19.9 Å². The Balaban J connectivity index is 2.69. The molecule has 15 heavy (non-hydrogen) atoms. The van der Waals surface area contributed by atoms with E-state index >= 15 is 0 Å². The lowest BCUT2D eigenvalue weighted by Gasteiger charge is -2.07. The number of nitrogens with one attached hydrogen (secondary N) is 1. The average molecular weight is 209 g/mol. The zero-order chi connectivity index (χ0) is 11.4. The zero-order valence-electron chi connectivity index (χ0n) is 8.39. The van der Waals surface area contributed by atoms with Gasteiger partial charge in [-0.2, -0.15) is 5.10 Å². The summed E-state index contributed by atoms with van der Waals surface area (Å²) in [5, 5.41) is 18.2. The number of amides is 1. The number of nitrogens with zero attached hydrogens (tertiary/aromatic N) is 2. The Hall–Kier alpha value is -1.98. The van der Waals surface area contributed by atoms with Crippen molar-refractivity contribution in [3.8, 4) is 0 Å². The molecule has 0 saturated carbocycles. The second kappa shape index (κ2) is 4.50. The van der Waals surface area contributed by atoms with Crippen LogP contribution in [0.25, 0.3) is 0 Å². The van der Waals surface area contributed by atoms with Crippen molar-refractivity contribution in [3.63, 3.8) is 0 Å². The molecule has 0 aliphatic heterocycles. The van der Waals surface area contributed by atoms with Gasteiger partial charge in [-0.15, -0.1) is 5.10 Å². The maximum absolute atomic E-state index is 11.4. The van der Waals surface area contributed by atoms with Crippen molar-refractivity contribution in [2.24, 2.45) is 0 Å². The van der Waals surface area contributed by atoms with Crippen molar-refractivity contribution in [1.29, 1.82) is 0 Å². The van der Waals surface area contributed by atoms with Crippen LogP contribution < -0.4 is 5.32 Å². The molecule has 0 spiro atoms. The van der Waals surface area contributed by atoms with Crippen LogP contribution in [0.2, 0.25) is 0 Å². The van der Waals surface area contributed by atoms with Gasteiger partial charge >= 0.3 is 5.97 Å². The number of aryl methyl sites for hydroxylation is 1. The highest BCUT2D eigenvalue weighted by molar-refractivity contribution is 5.94. The van der Waals surface area contributed by atoms with Crippen LogP contribution in [0.15, 0.2) is 12.1 Å². The monoisotopic (exact) mass is 209 g/mol. The Labute approximate surface area is 86.3 Å². The summed E-state index contributed by atoms with van der Waals surface area (Å²) in [4.78, 5) is 21.9. The van der Waals surface area contributed by atoms with E-state index in [1.54, 1.807) is 13.0 Å². The van der Waals surface area contributed by atoms with Crippen LogP contribution in [0, 0.1) is 6.92 Å². The minimum absolute atomic E-state index is 0.105. The molecular formula is C9H11N3O3. The minimum Gasteiger partial charge on any atom is -0.480 e. The number of carboxylic acid groups (broad SMARTS) is 1. The fourth-order valence-corrected chi connectivity index (χ4v) is 0.852. The molecule has 1 aromatic rings. The maximum Gasteiger partial charge on any atom is 0.325 e. The number of rotatable bonds is 3. The summed E-state index contributed by atoms with van der Waals surface area (Å²) < 4.78 is 0. The number of carboxylic acids is 1. The largest absolute Gasteiger partial charge is 0.480 e. The molecule has 1 heterocycles. The molecule has 0 fully saturated rings. The Kier molecular flexibility index (Phi) is 3.33. The second-order valence-corrected chi connectivity index (χ2v) is 3.09. The predicted molar refractivity (Wildman–Crippen MR) is 51.3 cm³/mol. The van der Waals surface area contributed by atoms with Gasteiger partial charge in [-0.3, -0.25) is 9.59 Å². The quantitative estimate of drug-likeness (QED) is 0.730. The molecule has 1 rings (SSSR count). The highest BCUT2D eigenvalue weighted by Gasteiger charge is 2.16. The molecule has 0 aliphatic carbocycles. The number of carbonyl (C=O) groups is 2. The van der Waals surface area contributed by atoms with Crippen LogP contribution in [0.5, 0.6) is 0 Å². The van der Waals surface area contributed by atoms with Gasteiger partial charge in [0.15, 0.2) is 5.69 Å². The van der Waals surface area contributed by atoms with E-state index in [0.717, 1.165) is 0 Å². The number of aromatic nitrogens is 2. The molecule has 0 saturated heterocycles. The second-order valence-electron chi connectivity index (χ2n) is 3.09. The van der Waals surface area contributed by atoms with Crippen LogP contribution >= 0.6 is 0 Å². The first kappa shape index (κ1) is 11.1. The maximum atomic E-state index is 11.4. The first-order valence-corrected chi connectivity index (χ1v) is 4.34. The predicted octanol–water partition coefficient (Wildman–Crippen LogP) is -0.0121. The summed E-state index contributed by atoms with van der Waals surface area (Å²) in [6, 6.07) is 2.18. The Morgan fingerprint density at radius 3 is 2.53 bits per heavy atom. The van der Waals surface area contributed by atoms with Crippen molar-refractivity contribution in [2.75, 3.05) is 0 Å². The average Bonchev–Trinajstić information content (AvgIpc) is 2.18. The van der Waals surface area contributed by atoms with Gasteiger partial charge in [0.1, 0.15) is 6.04 Å². The molecule has 6 nitrogen and oxygen atoms in total. The lowest BCUT2D eigenvalue weighted by Crippen LogP contribution is -2.38. The van der Waals surface area contributed by atoms with E-state index in [1.165, 1.54) is 13.0 Å². The molecule has 1 aromatic heterocycles. The van der Waals surface area contributed by atoms with Gasteiger partial charge in [0, 0.05) is 0 Å². The summed E-state index contributed by atoms with van der Waals surface area (Å²) in [6.45, 7) is 3.12. The van der Waals surface area contributed by atoms with Crippen LogP contribution in [-0.4, -0.2) is 33.2 Å². The Bertz CT molecular complexity index is 375. The smallest absolute Gasteiger partial charge is 0.325 e. The molecule has 1 amide bonds. The normalized spacial score (nSPS) is 11.9. The molecular weight excluding hydrogens is 198 g/mol. The standard InChI is InChI=1S/C9H11N3O3/c1-5-3-4-7(12-11-5)8(13)10-6(2)9(14)15/h3-4,6H,1-2H3,(H,10,13)(H,14,15)/t6-/m0/s1. The molecule has 80 valence electrons. The third-order valence-corrected chi connectivity index (χ3v) is 1.75. The molecule has 2 N–H and O–H groups in total. The minimum atomic E-state index is -1.09. The van der Waals surface area contributed by atoms with Crippen LogP contribution in [0.1, 0.15) is 23.1 Å². The summed E-state index contributed by atoms with van der Waals surface area (Å²) in [5.41, 5.74) is 0.798. The molecule has 0 aliphatic rings. The third-order valence-electron chi connectivity index (χ3n) is 1.75. The van der Waals surface area contributed by atoms with Crippen molar-refractivity contribution < 1.29 is 14.7 Å². The van der Waals surface area contributed by atoms with Gasteiger partial charge < -0.3 is 10.4 Å². The summed E-state index contributed by atoms with van der Waals surface area (Å²) in [5.74, 6) is -1.64. The van der Waals surface area contributed by atoms with Gasteiger partial charge in [-0.25, -0.2) is 0 Å². The summed E-state index contributed by atoms with van der Waals surface area (Å²) >= 11 is 0. The number of aliphatic carboxylic acids is 1. The molecule has 1 atom stereocenters. The van der Waals surface area contributed by atoms with E-state index in [2.05, 4.69) is 15.5 Å². The van der Waals surface area contributed by atoms with E-state index in [-0.39, 0.29) is 5.69 Å². The van der Waals surface area contributed by atoms with Crippen LogP contribution in [0.4, 0.5) is 0 Å². The highest BCUT2D eigenvalue weighted by atomic mass is 16.4. The van der Waals surface area contributed by atoms with Gasteiger partial charge in [0.2, 0.25) is 0 Å². The fraction of sp³-hybridized carbons (Fsp3) is 0.333. The Morgan fingerprint density at radius 1 is 1.40 bits per heavy atom. The van der Waals surface area contributed by atoms with Gasteiger partial charge in [0.25, 0.3) is 5.91 Å². The van der Waals surface area contributed by atoms with Crippen LogP contribution in [-0.2, 0) is 4.79 Å². The summed E-state index contributed by atoms with van der Waals surface area (Å²) in [7, 11) is 0. The molecule has 0 aromatic carbocycles. The van der Waals surface area contributed by atoms with E-state index in [4.69, 9.17) is 5.11 Å². The van der Waals surface area contributed by atoms with E-state index in [1.807, 2.05) is 0 Å². The third kappa shape index (κ3) is 3.01. The van der Waals surface area contributed by atoms with Crippen molar-refractivity contribution >= 4 is 11.9 Å². The van der Waals surface area contributed by atoms with E-state index in [0.29, 0.717) is 5.69 Å². The van der Waals surface area contributed by atoms with Gasteiger partial charge in [0.05, 0.1) is 5.69 Å². The highest BCUT2D eigenvalue weighted by Crippen LogP contribution is 1.95. The SMILES string of the molecule is Cc1ccc(C(=O)N[C@@H](C)C(=O)O)nn1. The van der Waals surface area contributed by atoms with E-state index in [9.17, 15) is 9.59 Å². The lowest BCUT2D eigenvalue weighted by atomic mass is 10.3. The fourth-order valence-electron chi connectivity index (χ4n) is 0.852. The van der Waals surface area contributed by atoms with Crippen LogP contribution in [0.3, 0.4) is 0 Å². The molecule has 6 heteroatoms. The van der Waals surface area contributed by atoms with Crippen molar-refractivity contribution in [1.82, 2.24) is 15.5 Å². The molecule has 0 unspecified atom stereocenters.